The monoisotopic (exact) mass is 779 g/mol. The van der Waals surface area contributed by atoms with Gasteiger partial charge in [-0.15, -0.1) is 0 Å². The van der Waals surface area contributed by atoms with Crippen molar-refractivity contribution in [1.29, 1.82) is 0 Å². The number of anilines is 3. The molecule has 61 heavy (non-hydrogen) atoms. The first-order valence-corrected chi connectivity index (χ1v) is 21.7. The van der Waals surface area contributed by atoms with Crippen LogP contribution in [-0.2, 0) is 17.3 Å². The normalized spacial score (nSPS) is 16.1. The van der Waals surface area contributed by atoms with Gasteiger partial charge >= 0.3 is 0 Å². The molecule has 1 nitrogen and oxygen atoms in total. The van der Waals surface area contributed by atoms with E-state index in [-0.39, 0.29) is 10.8 Å². The van der Waals surface area contributed by atoms with Gasteiger partial charge in [-0.25, -0.2) is 0 Å². The fourth-order valence-corrected chi connectivity index (χ4v) is 11.3. The summed E-state index contributed by atoms with van der Waals surface area (Å²) < 4.78 is 0. The van der Waals surface area contributed by atoms with E-state index in [0.717, 1.165) is 24.2 Å². The lowest BCUT2D eigenvalue weighted by Gasteiger charge is -2.31. The predicted octanol–water partition coefficient (Wildman–Crippen LogP) is 15.7. The summed E-state index contributed by atoms with van der Waals surface area (Å²) in [5, 5.41) is 0. The Bertz CT molecular complexity index is 3150. The Balaban J connectivity index is 1.01. The number of rotatable bonds is 6. The average molecular weight is 780 g/mol. The summed E-state index contributed by atoms with van der Waals surface area (Å²) in [4.78, 5) is 2.48. The molecule has 0 saturated carbocycles. The Morgan fingerprint density at radius 3 is 1.61 bits per heavy atom. The highest BCUT2D eigenvalue weighted by molar-refractivity contribution is 5.91. The van der Waals surface area contributed by atoms with Crippen molar-refractivity contribution in [3.8, 4) is 55.6 Å². The van der Waals surface area contributed by atoms with E-state index in [1.165, 1.54) is 94.7 Å². The summed E-state index contributed by atoms with van der Waals surface area (Å²) in [6, 6.07) is 79.3. The van der Waals surface area contributed by atoms with Gasteiger partial charge in [0, 0.05) is 27.9 Å². The van der Waals surface area contributed by atoms with E-state index in [1.54, 1.807) is 0 Å². The van der Waals surface area contributed by atoms with Gasteiger partial charge in [0.25, 0.3) is 0 Å². The number of nitrogens with zero attached hydrogens (tertiary/aromatic N) is 1. The first-order chi connectivity index (χ1) is 30.0. The van der Waals surface area contributed by atoms with Crippen LogP contribution in [0.15, 0.2) is 212 Å². The maximum absolute atomic E-state index is 2.51. The molecule has 290 valence electrons. The zero-order chi connectivity index (χ0) is 40.7. The molecular formula is C60H45N. The van der Waals surface area contributed by atoms with Gasteiger partial charge in [-0.2, -0.15) is 0 Å². The van der Waals surface area contributed by atoms with Crippen LogP contribution in [-0.4, -0.2) is 0 Å². The minimum Gasteiger partial charge on any atom is -0.310 e. The largest absolute Gasteiger partial charge is 0.310 e. The first-order valence-electron chi connectivity index (χ1n) is 21.7. The van der Waals surface area contributed by atoms with Crippen molar-refractivity contribution in [3.05, 3.63) is 246 Å². The highest BCUT2D eigenvalue weighted by Crippen LogP contribution is 2.59. The lowest BCUT2D eigenvalue weighted by molar-refractivity contribution is 0.626. The number of hydrogen-bond acceptors (Lipinski definition) is 1. The maximum Gasteiger partial charge on any atom is 0.0470 e. The number of aryl methyl sites for hydroxylation is 1. The fraction of sp³-hybridized carbons (Fsp3) is 0.100. The van der Waals surface area contributed by atoms with Crippen LogP contribution in [0, 0.1) is 0 Å². The smallest absolute Gasteiger partial charge is 0.0470 e. The molecule has 1 heteroatoms. The van der Waals surface area contributed by atoms with Gasteiger partial charge in [0.15, 0.2) is 0 Å². The first kappa shape index (κ1) is 35.7. The van der Waals surface area contributed by atoms with E-state index in [2.05, 4.69) is 231 Å². The summed E-state index contributed by atoms with van der Waals surface area (Å²) in [5.74, 6) is 0. The Morgan fingerprint density at radius 1 is 0.344 bits per heavy atom. The number of benzene rings is 9. The molecule has 3 aliphatic carbocycles. The van der Waals surface area contributed by atoms with Gasteiger partial charge in [0.2, 0.25) is 0 Å². The van der Waals surface area contributed by atoms with Gasteiger partial charge in [-0.05, 0) is 138 Å². The molecule has 0 heterocycles. The summed E-state index contributed by atoms with van der Waals surface area (Å²) in [7, 11) is 0. The molecule has 0 saturated heterocycles. The molecule has 12 rings (SSSR count). The van der Waals surface area contributed by atoms with Crippen molar-refractivity contribution >= 4 is 17.1 Å². The van der Waals surface area contributed by atoms with Gasteiger partial charge in [-0.3, -0.25) is 0 Å². The van der Waals surface area contributed by atoms with Gasteiger partial charge in [0.1, 0.15) is 0 Å². The Morgan fingerprint density at radius 2 is 0.852 bits per heavy atom. The van der Waals surface area contributed by atoms with E-state index in [4.69, 9.17) is 0 Å². The third-order valence-corrected chi connectivity index (χ3v) is 14.1. The van der Waals surface area contributed by atoms with Crippen molar-refractivity contribution < 1.29 is 0 Å². The van der Waals surface area contributed by atoms with Crippen LogP contribution in [0.4, 0.5) is 17.1 Å². The summed E-state index contributed by atoms with van der Waals surface area (Å²) in [6.45, 7) is 4.77. The average Bonchev–Trinajstić information content (AvgIpc) is 3.93. The second kappa shape index (κ2) is 13.7. The number of fused-ring (bicyclic) bond motifs is 10. The van der Waals surface area contributed by atoms with Crippen LogP contribution in [0.2, 0.25) is 0 Å². The Labute approximate surface area is 359 Å². The van der Waals surface area contributed by atoms with E-state index < -0.39 is 0 Å². The molecule has 0 N–H and O–H groups in total. The molecule has 3 aliphatic rings. The highest BCUT2D eigenvalue weighted by Gasteiger charge is 2.48. The minimum absolute atomic E-state index is 0.117. The topological polar surface area (TPSA) is 3.24 Å². The summed E-state index contributed by atoms with van der Waals surface area (Å²) >= 11 is 0. The van der Waals surface area contributed by atoms with Crippen LogP contribution in [0.3, 0.4) is 0 Å². The second-order valence-corrected chi connectivity index (χ2v) is 17.6. The van der Waals surface area contributed by atoms with Crippen LogP contribution < -0.4 is 4.90 Å². The molecule has 1 spiro atoms. The highest BCUT2D eigenvalue weighted by atomic mass is 15.1. The van der Waals surface area contributed by atoms with E-state index in [1.807, 2.05) is 0 Å². The lowest BCUT2D eigenvalue weighted by atomic mass is 9.73. The molecule has 0 radical (unpaired) electrons. The van der Waals surface area contributed by atoms with Crippen molar-refractivity contribution in [3.63, 3.8) is 0 Å². The van der Waals surface area contributed by atoms with Crippen LogP contribution >= 0.6 is 0 Å². The van der Waals surface area contributed by atoms with Crippen LogP contribution in [0.1, 0.15) is 53.6 Å². The molecule has 9 aromatic carbocycles. The molecule has 0 fully saturated rings. The van der Waals surface area contributed by atoms with Gasteiger partial charge in [0.05, 0.1) is 0 Å². The molecule has 0 amide bonds. The molecule has 1 atom stereocenters. The Kier molecular flexibility index (Phi) is 7.99. The Hall–Kier alpha value is -7.22. The van der Waals surface area contributed by atoms with E-state index >= 15 is 0 Å². The molecule has 1 unspecified atom stereocenters. The molecule has 9 aromatic rings. The van der Waals surface area contributed by atoms with E-state index in [0.29, 0.717) is 0 Å². The third kappa shape index (κ3) is 5.40. The van der Waals surface area contributed by atoms with Crippen LogP contribution in [0.25, 0.3) is 55.6 Å². The zero-order valence-corrected chi connectivity index (χ0v) is 34.6. The predicted molar refractivity (Wildman–Crippen MR) is 255 cm³/mol. The third-order valence-electron chi connectivity index (χ3n) is 14.1. The maximum atomic E-state index is 2.51. The van der Waals surface area contributed by atoms with Crippen molar-refractivity contribution in [2.75, 3.05) is 4.90 Å². The molecule has 0 aromatic heterocycles. The SMILES string of the molecule is CC1(C)c2ccccc2-c2cccc(-c3cccc(N(c4ccc(-c5ccc(-c6ccccc6)cc5)cc4)c4ccc5c(c4)C4(CCc6ccccc64)c4ccccc4-5)c3)c21. The molecule has 0 aliphatic heterocycles. The van der Waals surface area contributed by atoms with E-state index in [9.17, 15) is 0 Å². The lowest BCUT2D eigenvalue weighted by Crippen LogP contribution is -2.24. The summed E-state index contributed by atoms with van der Waals surface area (Å²) in [6.07, 6.45) is 2.15. The summed E-state index contributed by atoms with van der Waals surface area (Å²) in [5.41, 5.74) is 24.5. The minimum atomic E-state index is -0.174. The van der Waals surface area contributed by atoms with Crippen molar-refractivity contribution in [2.24, 2.45) is 0 Å². The zero-order valence-electron chi connectivity index (χ0n) is 34.6. The number of hydrogen-bond donors (Lipinski definition) is 0. The molecule has 0 bridgehead atoms. The van der Waals surface area contributed by atoms with Crippen molar-refractivity contribution in [1.82, 2.24) is 0 Å². The molecular weight excluding hydrogens is 735 g/mol. The van der Waals surface area contributed by atoms with Gasteiger partial charge in [-0.1, -0.05) is 190 Å². The van der Waals surface area contributed by atoms with Gasteiger partial charge < -0.3 is 4.90 Å². The second-order valence-electron chi connectivity index (χ2n) is 17.6. The fourth-order valence-electron chi connectivity index (χ4n) is 11.3. The van der Waals surface area contributed by atoms with Crippen molar-refractivity contribution in [2.45, 2.75) is 37.5 Å². The quantitative estimate of drug-likeness (QED) is 0.162. The standard InChI is InChI=1S/C60H45N/c1-59(2)55-24-10-7-20-51(55)53-22-13-21-49(58(53)59)45-17-12-18-47(38-45)61(46-32-30-43(31-33-46)42-28-26-41(27-29-42)40-14-4-3-5-15-40)48-34-35-52-50-19-8-11-25-56(50)60(57(52)39-48)37-36-44-16-6-9-23-54(44)60/h3-35,38-39H,36-37H2,1-2H3. The van der Waals surface area contributed by atoms with Crippen LogP contribution in [0.5, 0.6) is 0 Å².